The van der Waals surface area contributed by atoms with Crippen molar-refractivity contribution < 1.29 is 4.39 Å². The van der Waals surface area contributed by atoms with Crippen LogP contribution in [-0.4, -0.2) is 46.6 Å². The van der Waals surface area contributed by atoms with Gasteiger partial charge in [0.25, 0.3) is 0 Å². The van der Waals surface area contributed by atoms with Gasteiger partial charge in [-0.05, 0) is 49.1 Å². The highest BCUT2D eigenvalue weighted by Crippen LogP contribution is 2.34. The number of hydrogen-bond acceptors (Lipinski definition) is 7. The quantitative estimate of drug-likeness (QED) is 0.257. The summed E-state index contributed by atoms with van der Waals surface area (Å²) in [6, 6.07) is 7.68. The molecule has 6 heterocycles. The number of rotatable bonds is 7. The maximum absolute atomic E-state index is 16.1. The molecule has 1 fully saturated rings. The van der Waals surface area contributed by atoms with E-state index in [0.717, 1.165) is 34.7 Å². The molecule has 1 aliphatic rings. The Hall–Kier alpha value is -4.57. The van der Waals surface area contributed by atoms with Crippen molar-refractivity contribution in [2.75, 3.05) is 6.54 Å². The highest BCUT2D eigenvalue weighted by atomic mass is 19.1. The Kier molecular flexibility index (Phi) is 6.01. The Morgan fingerprint density at radius 2 is 1.85 bits per heavy atom. The molecule has 7 rings (SSSR count). The Labute approximate surface area is 223 Å². The smallest absolute Gasteiger partial charge is 0.178 e. The molecule has 6 aromatic heterocycles. The van der Waals surface area contributed by atoms with Crippen LogP contribution in [0.2, 0.25) is 0 Å². The summed E-state index contributed by atoms with van der Waals surface area (Å²) in [4.78, 5) is 25.3. The molecule has 10 heteroatoms. The predicted molar refractivity (Wildman–Crippen MR) is 147 cm³/mol. The Morgan fingerprint density at radius 1 is 0.949 bits per heavy atom. The first kappa shape index (κ1) is 23.5. The summed E-state index contributed by atoms with van der Waals surface area (Å²) >= 11 is 0. The molecular formula is C29H26FN9. The minimum atomic E-state index is -0.477. The lowest BCUT2D eigenvalue weighted by Gasteiger charge is -2.11. The Morgan fingerprint density at radius 3 is 2.72 bits per heavy atom. The first-order valence-corrected chi connectivity index (χ1v) is 13.2. The van der Waals surface area contributed by atoms with Gasteiger partial charge < -0.3 is 10.3 Å². The van der Waals surface area contributed by atoms with Gasteiger partial charge in [-0.3, -0.25) is 20.1 Å². The normalized spacial score (nSPS) is 14.1. The van der Waals surface area contributed by atoms with E-state index in [2.05, 4.69) is 45.4 Å². The van der Waals surface area contributed by atoms with E-state index in [0.29, 0.717) is 40.2 Å². The summed E-state index contributed by atoms with van der Waals surface area (Å²) in [5.74, 6) is 0.685. The molecular weight excluding hydrogens is 493 g/mol. The fraction of sp³-hybridized carbons (Fsp3) is 0.241. The standard InChI is InChI=1S/C29H26FN9/c30-24-23-22(16-35-25(24)20-10-18(13-33-15-20)12-32-11-17-4-1-2-5-17)38-39-27(23)29-36-26-21(7-9-34-28(26)37-29)19-6-3-8-31-14-19/h3,6-10,13-17,32H,1-2,4-5,11-12H2,(H,38,39)(H,34,36,37). The van der Waals surface area contributed by atoms with E-state index in [1.54, 1.807) is 31.0 Å². The number of aromatic nitrogens is 8. The fourth-order valence-electron chi connectivity index (χ4n) is 5.48. The SMILES string of the molecule is Fc1c(-c2cncc(CNCC3CCCC3)c2)ncc2[nH]nc(-c3nc4nccc(-c5cccnc5)c4[nH]3)c12. The second-order valence-electron chi connectivity index (χ2n) is 10.0. The predicted octanol–water partition coefficient (Wildman–Crippen LogP) is 5.44. The molecule has 194 valence electrons. The van der Waals surface area contributed by atoms with Gasteiger partial charge in [-0.1, -0.05) is 18.9 Å². The van der Waals surface area contributed by atoms with Crippen LogP contribution in [-0.2, 0) is 6.54 Å². The summed E-state index contributed by atoms with van der Waals surface area (Å²) in [5, 5.41) is 11.1. The first-order valence-electron chi connectivity index (χ1n) is 13.2. The van der Waals surface area contributed by atoms with Gasteiger partial charge in [-0.2, -0.15) is 5.10 Å². The van der Waals surface area contributed by atoms with Crippen LogP contribution < -0.4 is 5.32 Å². The van der Waals surface area contributed by atoms with Crippen molar-refractivity contribution in [1.82, 2.24) is 45.4 Å². The molecule has 0 aromatic carbocycles. The zero-order chi connectivity index (χ0) is 26.2. The number of halogens is 1. The van der Waals surface area contributed by atoms with Crippen LogP contribution in [0, 0.1) is 11.7 Å². The monoisotopic (exact) mass is 519 g/mol. The zero-order valence-corrected chi connectivity index (χ0v) is 21.2. The third-order valence-electron chi connectivity index (χ3n) is 7.44. The maximum Gasteiger partial charge on any atom is 0.178 e. The van der Waals surface area contributed by atoms with Gasteiger partial charge in [0.05, 0.1) is 22.6 Å². The number of nitrogens with one attached hydrogen (secondary N) is 3. The minimum Gasteiger partial charge on any atom is -0.335 e. The summed E-state index contributed by atoms with van der Waals surface area (Å²) in [7, 11) is 0. The van der Waals surface area contributed by atoms with E-state index in [9.17, 15) is 0 Å². The number of pyridine rings is 4. The van der Waals surface area contributed by atoms with E-state index in [1.165, 1.54) is 25.7 Å². The average molecular weight is 520 g/mol. The highest BCUT2D eigenvalue weighted by molar-refractivity contribution is 5.97. The van der Waals surface area contributed by atoms with Crippen molar-refractivity contribution in [2.24, 2.45) is 5.92 Å². The molecule has 6 aromatic rings. The molecule has 0 aliphatic heterocycles. The van der Waals surface area contributed by atoms with Crippen molar-refractivity contribution in [1.29, 1.82) is 0 Å². The summed E-state index contributed by atoms with van der Waals surface area (Å²) in [5.41, 5.74) is 5.75. The lowest BCUT2D eigenvalue weighted by atomic mass is 10.1. The van der Waals surface area contributed by atoms with E-state index >= 15 is 4.39 Å². The molecule has 9 nitrogen and oxygen atoms in total. The Balaban J connectivity index is 1.24. The number of nitrogens with zero attached hydrogens (tertiary/aromatic N) is 6. The van der Waals surface area contributed by atoms with Crippen molar-refractivity contribution in [3.05, 3.63) is 72.8 Å². The van der Waals surface area contributed by atoms with Gasteiger partial charge in [-0.15, -0.1) is 0 Å². The Bertz CT molecular complexity index is 1770. The van der Waals surface area contributed by atoms with Crippen LogP contribution in [0.5, 0.6) is 0 Å². The highest BCUT2D eigenvalue weighted by Gasteiger charge is 2.22. The van der Waals surface area contributed by atoms with Gasteiger partial charge in [-0.25, -0.2) is 14.4 Å². The molecule has 0 spiro atoms. The summed E-state index contributed by atoms with van der Waals surface area (Å²) in [6.07, 6.45) is 15.5. The topological polar surface area (TPSA) is 121 Å². The molecule has 0 bridgehead atoms. The van der Waals surface area contributed by atoms with Crippen LogP contribution >= 0.6 is 0 Å². The lowest BCUT2D eigenvalue weighted by molar-refractivity contribution is 0.489. The molecule has 3 N–H and O–H groups in total. The van der Waals surface area contributed by atoms with Gasteiger partial charge in [0.2, 0.25) is 0 Å². The van der Waals surface area contributed by atoms with Crippen molar-refractivity contribution >= 4 is 22.1 Å². The number of imidazole rings is 1. The number of aromatic amines is 2. The fourth-order valence-corrected chi connectivity index (χ4v) is 5.48. The second-order valence-corrected chi connectivity index (χ2v) is 10.0. The second kappa shape index (κ2) is 9.95. The number of fused-ring (bicyclic) bond motifs is 2. The lowest BCUT2D eigenvalue weighted by Crippen LogP contribution is -2.20. The molecule has 1 aliphatic carbocycles. The molecule has 39 heavy (non-hydrogen) atoms. The van der Waals surface area contributed by atoms with Crippen molar-refractivity contribution in [3.63, 3.8) is 0 Å². The summed E-state index contributed by atoms with van der Waals surface area (Å²) < 4.78 is 16.1. The van der Waals surface area contributed by atoms with E-state index in [-0.39, 0.29) is 5.69 Å². The van der Waals surface area contributed by atoms with Gasteiger partial charge >= 0.3 is 0 Å². The van der Waals surface area contributed by atoms with Crippen molar-refractivity contribution in [2.45, 2.75) is 32.2 Å². The third-order valence-corrected chi connectivity index (χ3v) is 7.44. The maximum atomic E-state index is 16.1. The summed E-state index contributed by atoms with van der Waals surface area (Å²) in [6.45, 7) is 1.68. The van der Waals surface area contributed by atoms with Crippen LogP contribution in [0.3, 0.4) is 0 Å². The molecule has 0 amide bonds. The van der Waals surface area contributed by atoms with Crippen LogP contribution in [0.1, 0.15) is 31.2 Å². The first-order chi connectivity index (χ1) is 19.2. The van der Waals surface area contributed by atoms with E-state index in [1.807, 2.05) is 30.5 Å². The van der Waals surface area contributed by atoms with Gasteiger partial charge in [0.15, 0.2) is 17.3 Å². The molecule has 0 radical (unpaired) electrons. The third kappa shape index (κ3) is 4.42. The van der Waals surface area contributed by atoms with E-state index < -0.39 is 5.82 Å². The van der Waals surface area contributed by atoms with Crippen LogP contribution in [0.15, 0.2) is 61.4 Å². The van der Waals surface area contributed by atoms with Gasteiger partial charge in [0.1, 0.15) is 11.4 Å². The largest absolute Gasteiger partial charge is 0.335 e. The molecule has 0 saturated heterocycles. The van der Waals surface area contributed by atoms with Gasteiger partial charge in [0, 0.05) is 54.2 Å². The van der Waals surface area contributed by atoms with Crippen LogP contribution in [0.4, 0.5) is 4.39 Å². The zero-order valence-electron chi connectivity index (χ0n) is 21.2. The molecule has 0 atom stereocenters. The van der Waals surface area contributed by atoms with Crippen molar-refractivity contribution in [3.8, 4) is 33.9 Å². The molecule has 1 saturated carbocycles. The minimum absolute atomic E-state index is 0.223. The number of hydrogen-bond donors (Lipinski definition) is 3. The molecule has 0 unspecified atom stereocenters. The van der Waals surface area contributed by atoms with E-state index in [4.69, 9.17) is 0 Å². The average Bonchev–Trinajstić information content (AvgIpc) is 3.73. The van der Waals surface area contributed by atoms with Crippen LogP contribution in [0.25, 0.3) is 56.0 Å². The number of H-pyrrole nitrogens is 2.